The van der Waals surface area contributed by atoms with E-state index in [0.717, 1.165) is 31.6 Å². The normalized spacial score (nSPS) is 20.0. The number of ether oxygens (including phenoxy) is 2. The number of halogens is 2. The highest BCUT2D eigenvalue weighted by Gasteiger charge is 2.29. The molecule has 0 bridgehead atoms. The van der Waals surface area contributed by atoms with E-state index in [9.17, 15) is 9.90 Å². The maximum atomic E-state index is 12.3. The van der Waals surface area contributed by atoms with Crippen molar-refractivity contribution in [2.45, 2.75) is 31.1 Å². The van der Waals surface area contributed by atoms with Crippen LogP contribution in [0.4, 0.5) is 5.69 Å². The Balaban J connectivity index is 1.15. The van der Waals surface area contributed by atoms with Gasteiger partial charge in [0.15, 0.2) is 17.6 Å². The highest BCUT2D eigenvalue weighted by molar-refractivity contribution is 6.31. The quantitative estimate of drug-likeness (QED) is 0.565. The summed E-state index contributed by atoms with van der Waals surface area (Å²) in [4.78, 5) is 14.4. The van der Waals surface area contributed by atoms with Gasteiger partial charge in [-0.1, -0.05) is 23.2 Å². The van der Waals surface area contributed by atoms with Crippen LogP contribution in [0.2, 0.25) is 10.0 Å². The van der Waals surface area contributed by atoms with Gasteiger partial charge in [0.05, 0.1) is 6.54 Å². The summed E-state index contributed by atoms with van der Waals surface area (Å²) in [5, 5.41) is 18.1. The van der Waals surface area contributed by atoms with Crippen LogP contribution in [0.1, 0.15) is 12.8 Å². The second-order valence-corrected chi connectivity index (χ2v) is 9.01. The molecule has 0 radical (unpaired) electrons. The molecule has 0 aliphatic carbocycles. The molecule has 0 saturated carbocycles. The van der Waals surface area contributed by atoms with Crippen LogP contribution in [-0.2, 0) is 4.79 Å². The number of benzene rings is 2. The van der Waals surface area contributed by atoms with Crippen LogP contribution in [0.5, 0.6) is 11.5 Å². The number of rotatable bonds is 7. The molecule has 2 atom stereocenters. The van der Waals surface area contributed by atoms with Gasteiger partial charge in [-0.05, 0) is 49.2 Å². The summed E-state index contributed by atoms with van der Waals surface area (Å²) >= 11 is 11.8. The molecule has 2 aliphatic heterocycles. The Morgan fingerprint density at radius 3 is 2.56 bits per heavy atom. The van der Waals surface area contributed by atoms with Gasteiger partial charge in [-0.3, -0.25) is 9.69 Å². The first-order valence-electron chi connectivity index (χ1n) is 10.7. The minimum Gasteiger partial charge on any atom is -0.486 e. The van der Waals surface area contributed by atoms with Gasteiger partial charge >= 0.3 is 0 Å². The van der Waals surface area contributed by atoms with Crippen LogP contribution >= 0.6 is 23.2 Å². The molecule has 9 heteroatoms. The van der Waals surface area contributed by atoms with Crippen molar-refractivity contribution in [2.75, 3.05) is 38.1 Å². The number of anilines is 1. The number of nitrogens with one attached hydrogen (secondary N) is 2. The molecule has 4 rings (SSSR count). The number of fused-ring (bicyclic) bond motifs is 1. The van der Waals surface area contributed by atoms with Crippen molar-refractivity contribution in [2.24, 2.45) is 0 Å². The fraction of sp³-hybridized carbons (Fsp3) is 0.435. The van der Waals surface area contributed by atoms with Gasteiger partial charge in [0.25, 0.3) is 0 Å². The Hall–Kier alpha value is -2.03. The highest BCUT2D eigenvalue weighted by Crippen LogP contribution is 2.34. The van der Waals surface area contributed by atoms with Gasteiger partial charge in [-0.2, -0.15) is 0 Å². The van der Waals surface area contributed by atoms with Gasteiger partial charge in [-0.25, -0.2) is 0 Å². The number of likely N-dealkylation sites (tertiary alicyclic amines) is 1. The van der Waals surface area contributed by atoms with E-state index >= 15 is 0 Å². The molecule has 2 aromatic carbocycles. The van der Waals surface area contributed by atoms with Crippen molar-refractivity contribution in [1.82, 2.24) is 10.2 Å². The number of aliphatic hydroxyl groups is 1. The van der Waals surface area contributed by atoms with Crippen LogP contribution in [-0.4, -0.2) is 66.9 Å². The van der Waals surface area contributed by atoms with Crippen LogP contribution < -0.4 is 20.1 Å². The molecule has 1 amide bonds. The van der Waals surface area contributed by atoms with Gasteiger partial charge in [0.2, 0.25) is 5.91 Å². The fourth-order valence-corrected chi connectivity index (χ4v) is 4.19. The maximum absolute atomic E-state index is 12.3. The summed E-state index contributed by atoms with van der Waals surface area (Å²) < 4.78 is 11.6. The molecule has 0 spiro atoms. The predicted molar refractivity (Wildman–Crippen MR) is 125 cm³/mol. The Kier molecular flexibility index (Phi) is 7.75. The third-order valence-electron chi connectivity index (χ3n) is 5.71. The molecule has 2 unspecified atom stereocenters. The van der Waals surface area contributed by atoms with Crippen molar-refractivity contribution in [1.29, 1.82) is 0 Å². The van der Waals surface area contributed by atoms with Crippen molar-refractivity contribution < 1.29 is 19.4 Å². The van der Waals surface area contributed by atoms with Crippen molar-refractivity contribution in [3.63, 3.8) is 0 Å². The lowest BCUT2D eigenvalue weighted by Crippen LogP contribution is -2.50. The molecule has 2 aromatic rings. The van der Waals surface area contributed by atoms with Crippen LogP contribution in [0, 0.1) is 0 Å². The summed E-state index contributed by atoms with van der Waals surface area (Å²) in [6.07, 6.45) is 0.684. The molecule has 1 saturated heterocycles. The minimum absolute atomic E-state index is 0.0369. The number of carbonyl (C=O) groups excluding carboxylic acids is 1. The van der Waals surface area contributed by atoms with E-state index in [0.29, 0.717) is 34.6 Å². The van der Waals surface area contributed by atoms with Crippen LogP contribution in [0.25, 0.3) is 0 Å². The van der Waals surface area contributed by atoms with Gasteiger partial charge in [0, 0.05) is 47.5 Å². The number of aliphatic hydroxyl groups excluding tert-OH is 1. The Morgan fingerprint density at radius 1 is 1.09 bits per heavy atom. The van der Waals surface area contributed by atoms with Crippen molar-refractivity contribution >= 4 is 34.8 Å². The molecular formula is C23H27Cl2N3O4. The Bertz CT molecular complexity index is 920. The van der Waals surface area contributed by atoms with Crippen LogP contribution in [0.3, 0.4) is 0 Å². The molecule has 2 aliphatic rings. The van der Waals surface area contributed by atoms with Crippen molar-refractivity contribution in [3.8, 4) is 11.5 Å². The van der Waals surface area contributed by atoms with E-state index in [2.05, 4.69) is 15.5 Å². The predicted octanol–water partition coefficient (Wildman–Crippen LogP) is 3.19. The van der Waals surface area contributed by atoms with E-state index in [4.69, 9.17) is 32.7 Å². The lowest BCUT2D eigenvalue weighted by Gasteiger charge is -2.34. The first kappa shape index (κ1) is 23.1. The summed E-state index contributed by atoms with van der Waals surface area (Å²) in [6, 6.07) is 12.6. The molecule has 0 aromatic heterocycles. The number of carbonyl (C=O) groups is 1. The molecule has 172 valence electrons. The smallest absolute Gasteiger partial charge is 0.238 e. The standard InChI is InChI=1S/C23H27Cl2N3O4/c24-15-1-4-18(5-2-15)27-23(30)13-28-9-7-17(8-10-28)26-12-19(29)22-14-31-21-11-16(25)3-6-20(21)32-22/h1-6,11,17,19,22,26,29H,7-10,12-14H2,(H,27,30). The zero-order chi connectivity index (χ0) is 22.5. The molecule has 1 fully saturated rings. The number of hydrogen-bond donors (Lipinski definition) is 3. The topological polar surface area (TPSA) is 83.1 Å². The third-order valence-corrected chi connectivity index (χ3v) is 6.20. The first-order valence-corrected chi connectivity index (χ1v) is 11.5. The first-order chi connectivity index (χ1) is 15.5. The molecular weight excluding hydrogens is 453 g/mol. The molecule has 2 heterocycles. The monoisotopic (exact) mass is 479 g/mol. The number of piperidine rings is 1. The summed E-state index contributed by atoms with van der Waals surface area (Å²) in [5.74, 6) is 1.15. The van der Waals surface area contributed by atoms with E-state index < -0.39 is 12.2 Å². The fourth-order valence-electron chi connectivity index (χ4n) is 3.90. The Labute approximate surface area is 197 Å². The molecule has 7 nitrogen and oxygen atoms in total. The minimum atomic E-state index is -0.693. The Morgan fingerprint density at radius 2 is 1.81 bits per heavy atom. The van der Waals surface area contributed by atoms with Crippen LogP contribution in [0.15, 0.2) is 42.5 Å². The molecule has 32 heavy (non-hydrogen) atoms. The zero-order valence-corrected chi connectivity index (χ0v) is 19.1. The van der Waals surface area contributed by atoms with E-state index in [1.807, 2.05) is 0 Å². The van der Waals surface area contributed by atoms with Gasteiger partial charge in [-0.15, -0.1) is 0 Å². The zero-order valence-electron chi connectivity index (χ0n) is 17.6. The third kappa shape index (κ3) is 6.27. The average molecular weight is 480 g/mol. The number of amides is 1. The lowest BCUT2D eigenvalue weighted by molar-refractivity contribution is -0.117. The molecule has 3 N–H and O–H groups in total. The SMILES string of the molecule is O=C(CN1CCC(NCC(O)C2COc3cc(Cl)ccc3O2)CC1)Nc1ccc(Cl)cc1. The summed E-state index contributed by atoms with van der Waals surface area (Å²) in [7, 11) is 0. The number of hydrogen-bond acceptors (Lipinski definition) is 6. The summed E-state index contributed by atoms with van der Waals surface area (Å²) in [5.41, 5.74) is 0.740. The largest absolute Gasteiger partial charge is 0.486 e. The van der Waals surface area contributed by atoms with Gasteiger partial charge in [0.1, 0.15) is 12.7 Å². The van der Waals surface area contributed by atoms with E-state index in [-0.39, 0.29) is 18.6 Å². The second-order valence-electron chi connectivity index (χ2n) is 8.14. The highest BCUT2D eigenvalue weighted by atomic mass is 35.5. The van der Waals surface area contributed by atoms with Crippen molar-refractivity contribution in [3.05, 3.63) is 52.5 Å². The average Bonchev–Trinajstić information content (AvgIpc) is 2.79. The van der Waals surface area contributed by atoms with E-state index in [1.165, 1.54) is 0 Å². The van der Waals surface area contributed by atoms with E-state index in [1.54, 1.807) is 42.5 Å². The summed E-state index contributed by atoms with van der Waals surface area (Å²) in [6.45, 7) is 2.68. The van der Waals surface area contributed by atoms with Gasteiger partial charge < -0.3 is 25.2 Å². The second kappa shape index (κ2) is 10.7. The number of nitrogens with zero attached hydrogens (tertiary/aromatic N) is 1. The lowest BCUT2D eigenvalue weighted by atomic mass is 10.0. The maximum Gasteiger partial charge on any atom is 0.238 e.